The van der Waals surface area contributed by atoms with E-state index in [9.17, 15) is 0 Å². The van der Waals surface area contributed by atoms with Gasteiger partial charge < -0.3 is 9.13 Å². The number of thiophene rings is 1. The number of nitrogens with zero attached hydrogens (tertiary/aromatic N) is 2. The number of fused-ring (bicyclic) bond motifs is 15. The third-order valence-electron chi connectivity index (χ3n) is 10.9. The second-order valence-corrected chi connectivity index (χ2v) is 14.7. The minimum absolute atomic E-state index is 0.0871. The topological polar surface area (TPSA) is 9.86 Å². The Kier molecular flexibility index (Phi) is 5.09. The Hall–Kier alpha value is -5.64. The standard InChI is InChI=1S/C45H30N2S/c1-45(2)34-20-10-6-16-29(34)30-25-24-28(26-35(30)45)47-36-21-11-7-17-31(36)39-40-33-19-9-13-23-38(33)48-44(40)43-41(42(39)47)32-18-8-12-22-37(32)46(43)27-14-4-3-5-15-27/h3-26H,1-2H3. The molecule has 7 aromatic carbocycles. The normalized spacial score (nSPS) is 13.8. The lowest BCUT2D eigenvalue weighted by Crippen LogP contribution is -2.15. The van der Waals surface area contributed by atoms with Gasteiger partial charge in [-0.2, -0.15) is 0 Å². The van der Waals surface area contributed by atoms with E-state index < -0.39 is 0 Å². The highest BCUT2D eigenvalue weighted by molar-refractivity contribution is 7.27. The minimum Gasteiger partial charge on any atom is -0.309 e. The maximum Gasteiger partial charge on any atom is 0.0741 e. The van der Waals surface area contributed by atoms with Crippen molar-refractivity contribution in [2.75, 3.05) is 0 Å². The van der Waals surface area contributed by atoms with Crippen molar-refractivity contribution < 1.29 is 0 Å². The molecule has 0 N–H and O–H groups in total. The molecule has 0 saturated carbocycles. The fourth-order valence-corrected chi connectivity index (χ4v) is 10.1. The fourth-order valence-electron chi connectivity index (χ4n) is 8.83. The van der Waals surface area contributed by atoms with E-state index in [1.807, 2.05) is 11.3 Å². The molecule has 3 aromatic heterocycles. The summed E-state index contributed by atoms with van der Waals surface area (Å²) in [5.74, 6) is 0. The first-order chi connectivity index (χ1) is 23.6. The van der Waals surface area contributed by atoms with Crippen molar-refractivity contribution in [3.8, 4) is 22.5 Å². The molecule has 0 atom stereocenters. The predicted octanol–water partition coefficient (Wildman–Crippen LogP) is 12.6. The molecule has 0 radical (unpaired) electrons. The van der Waals surface area contributed by atoms with Crippen LogP contribution in [0.2, 0.25) is 0 Å². The number of aromatic nitrogens is 2. The summed E-state index contributed by atoms with van der Waals surface area (Å²) in [5, 5.41) is 7.89. The maximum absolute atomic E-state index is 2.57. The Balaban J connectivity index is 1.40. The van der Waals surface area contributed by atoms with Crippen LogP contribution in [-0.4, -0.2) is 9.13 Å². The van der Waals surface area contributed by atoms with Gasteiger partial charge >= 0.3 is 0 Å². The Bertz CT molecular complexity index is 2970. The lowest BCUT2D eigenvalue weighted by atomic mass is 9.82. The third kappa shape index (κ3) is 3.22. The SMILES string of the molecule is CC1(C)c2ccccc2-c2ccc(-n3c4ccccc4c4c5c6ccccc6sc5c5c(c6ccccc6n5-c5ccccc5)c43)cc21. The van der Waals surface area contributed by atoms with E-state index in [-0.39, 0.29) is 5.41 Å². The molecule has 1 aliphatic carbocycles. The van der Waals surface area contributed by atoms with Crippen molar-refractivity contribution in [1.29, 1.82) is 0 Å². The van der Waals surface area contributed by atoms with Crippen molar-refractivity contribution in [1.82, 2.24) is 9.13 Å². The van der Waals surface area contributed by atoms with Crippen LogP contribution < -0.4 is 0 Å². The third-order valence-corrected chi connectivity index (χ3v) is 12.1. The van der Waals surface area contributed by atoms with E-state index in [0.29, 0.717) is 0 Å². The first-order valence-corrected chi connectivity index (χ1v) is 17.5. The van der Waals surface area contributed by atoms with Crippen LogP contribution in [0.25, 0.3) is 86.3 Å². The molecule has 226 valence electrons. The van der Waals surface area contributed by atoms with Crippen molar-refractivity contribution >= 4 is 75.1 Å². The molecule has 0 saturated heterocycles. The van der Waals surface area contributed by atoms with Crippen molar-refractivity contribution in [3.63, 3.8) is 0 Å². The summed E-state index contributed by atoms with van der Waals surface area (Å²) >= 11 is 1.92. The smallest absolute Gasteiger partial charge is 0.0741 e. The average Bonchev–Trinajstić information content (AvgIpc) is 3.84. The number of hydrogen-bond donors (Lipinski definition) is 0. The Morgan fingerprint density at radius 1 is 0.458 bits per heavy atom. The molecule has 0 aliphatic heterocycles. The Labute approximate surface area is 281 Å². The van der Waals surface area contributed by atoms with Gasteiger partial charge in [0, 0.05) is 53.8 Å². The number of benzene rings is 7. The largest absolute Gasteiger partial charge is 0.309 e. The van der Waals surface area contributed by atoms with Gasteiger partial charge in [-0.1, -0.05) is 117 Å². The van der Waals surface area contributed by atoms with E-state index >= 15 is 0 Å². The van der Waals surface area contributed by atoms with Gasteiger partial charge in [-0.3, -0.25) is 0 Å². The highest BCUT2D eigenvalue weighted by atomic mass is 32.1. The molecule has 48 heavy (non-hydrogen) atoms. The van der Waals surface area contributed by atoms with Gasteiger partial charge in [0.05, 0.1) is 26.8 Å². The Morgan fingerprint density at radius 2 is 1.06 bits per heavy atom. The van der Waals surface area contributed by atoms with Crippen LogP contribution in [0.5, 0.6) is 0 Å². The van der Waals surface area contributed by atoms with Crippen LogP contribution >= 0.6 is 11.3 Å². The van der Waals surface area contributed by atoms with Crippen LogP contribution in [0, 0.1) is 0 Å². The van der Waals surface area contributed by atoms with Crippen LogP contribution in [-0.2, 0) is 5.41 Å². The van der Waals surface area contributed by atoms with E-state index in [1.165, 1.54) is 97.4 Å². The monoisotopic (exact) mass is 630 g/mol. The highest BCUT2D eigenvalue weighted by Gasteiger charge is 2.36. The molecule has 0 unspecified atom stereocenters. The predicted molar refractivity (Wildman–Crippen MR) is 206 cm³/mol. The molecule has 11 rings (SSSR count). The number of hydrogen-bond acceptors (Lipinski definition) is 1. The molecular weight excluding hydrogens is 601 g/mol. The zero-order chi connectivity index (χ0) is 31.7. The summed E-state index contributed by atoms with van der Waals surface area (Å²) in [6.07, 6.45) is 0. The van der Waals surface area contributed by atoms with E-state index in [4.69, 9.17) is 0 Å². The molecular formula is C45H30N2S. The molecule has 2 nitrogen and oxygen atoms in total. The molecule has 0 spiro atoms. The Morgan fingerprint density at radius 3 is 1.85 bits per heavy atom. The summed E-state index contributed by atoms with van der Waals surface area (Å²) in [6.45, 7) is 4.75. The minimum atomic E-state index is -0.0871. The molecule has 1 aliphatic rings. The van der Waals surface area contributed by atoms with Gasteiger partial charge in [-0.05, 0) is 64.7 Å². The first-order valence-electron chi connectivity index (χ1n) is 16.7. The van der Waals surface area contributed by atoms with Gasteiger partial charge in [0.1, 0.15) is 0 Å². The maximum atomic E-state index is 2.57. The fraction of sp³-hybridized carbons (Fsp3) is 0.0667. The highest BCUT2D eigenvalue weighted by Crippen LogP contribution is 2.53. The van der Waals surface area contributed by atoms with Crippen LogP contribution in [0.1, 0.15) is 25.0 Å². The molecule has 3 heterocycles. The lowest BCUT2D eigenvalue weighted by Gasteiger charge is -2.22. The number of para-hydroxylation sites is 3. The average molecular weight is 631 g/mol. The summed E-state index contributed by atoms with van der Waals surface area (Å²) in [5.41, 5.74) is 12.8. The van der Waals surface area contributed by atoms with Crippen molar-refractivity contribution in [3.05, 3.63) is 157 Å². The van der Waals surface area contributed by atoms with E-state index in [1.54, 1.807) is 0 Å². The van der Waals surface area contributed by atoms with E-state index in [2.05, 4.69) is 169 Å². The van der Waals surface area contributed by atoms with Crippen molar-refractivity contribution in [2.45, 2.75) is 19.3 Å². The van der Waals surface area contributed by atoms with Crippen LogP contribution in [0.15, 0.2) is 146 Å². The summed E-state index contributed by atoms with van der Waals surface area (Å²) in [6, 6.07) is 54.0. The summed E-state index contributed by atoms with van der Waals surface area (Å²) < 4.78 is 7.74. The van der Waals surface area contributed by atoms with Crippen LogP contribution in [0.4, 0.5) is 0 Å². The summed E-state index contributed by atoms with van der Waals surface area (Å²) in [7, 11) is 0. The quantitative estimate of drug-likeness (QED) is 0.180. The van der Waals surface area contributed by atoms with E-state index in [0.717, 1.165) is 0 Å². The first kappa shape index (κ1) is 26.4. The second-order valence-electron chi connectivity index (χ2n) is 13.7. The zero-order valence-electron chi connectivity index (χ0n) is 26.7. The molecule has 3 heteroatoms. The van der Waals surface area contributed by atoms with Crippen molar-refractivity contribution in [2.24, 2.45) is 0 Å². The van der Waals surface area contributed by atoms with Gasteiger partial charge in [0.25, 0.3) is 0 Å². The number of rotatable bonds is 2. The molecule has 0 amide bonds. The molecule has 10 aromatic rings. The molecule has 0 bridgehead atoms. The van der Waals surface area contributed by atoms with Crippen LogP contribution in [0.3, 0.4) is 0 Å². The van der Waals surface area contributed by atoms with Gasteiger partial charge in [-0.15, -0.1) is 11.3 Å². The zero-order valence-corrected chi connectivity index (χ0v) is 27.5. The van der Waals surface area contributed by atoms with Gasteiger partial charge in [-0.25, -0.2) is 0 Å². The summed E-state index contributed by atoms with van der Waals surface area (Å²) in [4.78, 5) is 0. The lowest BCUT2D eigenvalue weighted by molar-refractivity contribution is 0.660. The van der Waals surface area contributed by atoms with Gasteiger partial charge in [0.2, 0.25) is 0 Å². The van der Waals surface area contributed by atoms with Gasteiger partial charge in [0.15, 0.2) is 0 Å². The second kappa shape index (κ2) is 9.25. The molecule has 0 fully saturated rings.